The molecule has 0 aliphatic carbocycles. The number of imidazole rings is 1. The molecule has 1 aromatic heterocycles. The molecule has 3 rings (SSSR count). The van der Waals surface area contributed by atoms with Crippen LogP contribution < -0.4 is 4.72 Å². The minimum Gasteiger partial charge on any atom is -0.326 e. The first kappa shape index (κ1) is 16.7. The third-order valence-electron chi connectivity index (χ3n) is 3.97. The maximum atomic E-state index is 12.3. The number of hydrogen-bond donors (Lipinski definition) is 1. The molecule has 0 spiro atoms. The molecule has 3 aromatic rings. The monoisotopic (exact) mass is 343 g/mol. The Balaban J connectivity index is 1.84. The van der Waals surface area contributed by atoms with E-state index < -0.39 is 10.0 Å². The van der Waals surface area contributed by atoms with Gasteiger partial charge in [0.1, 0.15) is 5.82 Å². The number of aryl methyl sites for hydroxylation is 1. The smallest absolute Gasteiger partial charge is 0.240 e. The Hall–Kier alpha value is -2.18. The Labute approximate surface area is 142 Å². The highest BCUT2D eigenvalue weighted by Gasteiger charge is 2.14. The second-order valence-corrected chi connectivity index (χ2v) is 7.85. The molecule has 0 amide bonds. The van der Waals surface area contributed by atoms with Gasteiger partial charge in [-0.1, -0.05) is 24.3 Å². The number of nitrogens with one attached hydrogen (secondary N) is 1. The van der Waals surface area contributed by atoms with Crippen molar-refractivity contribution in [3.8, 4) is 0 Å². The van der Waals surface area contributed by atoms with Crippen LogP contribution in [-0.2, 0) is 16.6 Å². The number of fused-ring (bicyclic) bond motifs is 1. The summed E-state index contributed by atoms with van der Waals surface area (Å²) in [7, 11) is -3.50. The Morgan fingerprint density at radius 3 is 2.50 bits per heavy atom. The summed E-state index contributed by atoms with van der Waals surface area (Å²) in [5, 5.41) is 0. The number of aromatic nitrogens is 2. The summed E-state index contributed by atoms with van der Waals surface area (Å²) in [6.45, 7) is 6.46. The minimum absolute atomic E-state index is 0.237. The number of nitrogens with zero attached hydrogens (tertiary/aromatic N) is 2. The molecule has 1 heterocycles. The van der Waals surface area contributed by atoms with Crippen molar-refractivity contribution in [2.45, 2.75) is 38.3 Å². The lowest BCUT2D eigenvalue weighted by molar-refractivity contribution is 0.581. The van der Waals surface area contributed by atoms with Crippen molar-refractivity contribution < 1.29 is 8.42 Å². The van der Waals surface area contributed by atoms with Crippen LogP contribution in [0.25, 0.3) is 11.0 Å². The van der Waals surface area contributed by atoms with E-state index in [1.165, 1.54) is 0 Å². The van der Waals surface area contributed by atoms with Crippen molar-refractivity contribution in [2.24, 2.45) is 0 Å². The van der Waals surface area contributed by atoms with Crippen LogP contribution in [0.15, 0.2) is 53.4 Å². The second-order valence-electron chi connectivity index (χ2n) is 6.08. The zero-order chi connectivity index (χ0) is 17.3. The average Bonchev–Trinajstić information content (AvgIpc) is 2.89. The van der Waals surface area contributed by atoms with Gasteiger partial charge in [0, 0.05) is 12.6 Å². The third-order valence-corrected chi connectivity index (χ3v) is 5.38. The molecule has 126 valence electrons. The summed E-state index contributed by atoms with van der Waals surface area (Å²) < 4.78 is 29.4. The van der Waals surface area contributed by atoms with E-state index in [0.29, 0.717) is 6.04 Å². The lowest BCUT2D eigenvalue weighted by Crippen LogP contribution is -2.23. The first-order chi connectivity index (χ1) is 11.4. The molecule has 0 fully saturated rings. The van der Waals surface area contributed by atoms with E-state index in [9.17, 15) is 8.42 Å². The first-order valence-electron chi connectivity index (χ1n) is 7.90. The topological polar surface area (TPSA) is 64.0 Å². The van der Waals surface area contributed by atoms with Gasteiger partial charge in [-0.2, -0.15) is 0 Å². The second kappa shape index (κ2) is 6.37. The highest BCUT2D eigenvalue weighted by Crippen LogP contribution is 2.22. The number of hydrogen-bond acceptors (Lipinski definition) is 3. The fourth-order valence-corrected chi connectivity index (χ4v) is 3.93. The normalized spacial score (nSPS) is 12.2. The Bertz CT molecular complexity index is 961. The van der Waals surface area contributed by atoms with Crippen LogP contribution in [0.2, 0.25) is 0 Å². The van der Waals surface area contributed by atoms with Gasteiger partial charge in [-0.3, -0.25) is 0 Å². The summed E-state index contributed by atoms with van der Waals surface area (Å²) in [4.78, 5) is 4.85. The molecule has 0 aliphatic heterocycles. The van der Waals surface area contributed by atoms with E-state index in [-0.39, 0.29) is 11.4 Å². The lowest BCUT2D eigenvalue weighted by Gasteiger charge is -2.11. The van der Waals surface area contributed by atoms with Crippen molar-refractivity contribution >= 4 is 21.1 Å². The van der Waals surface area contributed by atoms with Gasteiger partial charge in [-0.05, 0) is 50.6 Å². The number of benzene rings is 2. The Kier molecular flexibility index (Phi) is 4.43. The molecule has 0 aliphatic rings. The van der Waals surface area contributed by atoms with Gasteiger partial charge < -0.3 is 4.57 Å². The van der Waals surface area contributed by atoms with E-state index in [1.807, 2.05) is 25.1 Å². The van der Waals surface area contributed by atoms with E-state index in [1.54, 1.807) is 30.3 Å². The minimum atomic E-state index is -3.50. The van der Waals surface area contributed by atoms with Crippen molar-refractivity contribution in [3.05, 3.63) is 59.9 Å². The van der Waals surface area contributed by atoms with Crippen molar-refractivity contribution in [3.63, 3.8) is 0 Å². The SMILES string of the molecule is Cc1nc2cc(CNS(=O)(=O)c3ccccc3)ccc2n1C(C)C. The molecule has 0 bridgehead atoms. The van der Waals surface area contributed by atoms with Crippen LogP contribution >= 0.6 is 0 Å². The number of sulfonamides is 1. The van der Waals surface area contributed by atoms with Gasteiger partial charge in [-0.15, -0.1) is 0 Å². The van der Waals surface area contributed by atoms with Gasteiger partial charge in [-0.25, -0.2) is 18.1 Å². The van der Waals surface area contributed by atoms with E-state index in [0.717, 1.165) is 22.4 Å². The maximum Gasteiger partial charge on any atom is 0.240 e. The van der Waals surface area contributed by atoms with Crippen LogP contribution in [0.1, 0.15) is 31.3 Å². The predicted octanol–water partition coefficient (Wildman–Crippen LogP) is 3.40. The van der Waals surface area contributed by atoms with Crippen LogP contribution in [0.4, 0.5) is 0 Å². The molecule has 0 unspecified atom stereocenters. The van der Waals surface area contributed by atoms with Crippen LogP contribution in [0, 0.1) is 6.92 Å². The quantitative estimate of drug-likeness (QED) is 0.772. The summed E-state index contributed by atoms with van der Waals surface area (Å²) in [6, 6.07) is 14.6. The largest absolute Gasteiger partial charge is 0.326 e. The molecule has 0 saturated heterocycles. The zero-order valence-electron chi connectivity index (χ0n) is 14.0. The molecule has 6 heteroatoms. The zero-order valence-corrected chi connectivity index (χ0v) is 14.8. The van der Waals surface area contributed by atoms with E-state index in [4.69, 9.17) is 0 Å². The summed E-state index contributed by atoms with van der Waals surface area (Å²) in [5.41, 5.74) is 2.84. The summed E-state index contributed by atoms with van der Waals surface area (Å²) >= 11 is 0. The van der Waals surface area contributed by atoms with E-state index in [2.05, 4.69) is 28.1 Å². The molecule has 24 heavy (non-hydrogen) atoms. The Morgan fingerprint density at radius 1 is 1.12 bits per heavy atom. The highest BCUT2D eigenvalue weighted by molar-refractivity contribution is 7.89. The molecule has 0 atom stereocenters. The summed E-state index contributed by atoms with van der Waals surface area (Å²) in [5.74, 6) is 0.960. The predicted molar refractivity (Wildman–Crippen MR) is 95.3 cm³/mol. The van der Waals surface area contributed by atoms with Gasteiger partial charge in [0.25, 0.3) is 0 Å². The van der Waals surface area contributed by atoms with E-state index >= 15 is 0 Å². The first-order valence-corrected chi connectivity index (χ1v) is 9.39. The molecule has 0 radical (unpaired) electrons. The van der Waals surface area contributed by atoms with Crippen LogP contribution in [-0.4, -0.2) is 18.0 Å². The molecular weight excluding hydrogens is 322 g/mol. The lowest BCUT2D eigenvalue weighted by atomic mass is 10.2. The van der Waals surface area contributed by atoms with Crippen LogP contribution in [0.3, 0.4) is 0 Å². The van der Waals surface area contributed by atoms with Gasteiger partial charge >= 0.3 is 0 Å². The van der Waals surface area contributed by atoms with Gasteiger partial charge in [0.15, 0.2) is 0 Å². The average molecular weight is 343 g/mol. The maximum absolute atomic E-state index is 12.3. The number of rotatable bonds is 5. The fourth-order valence-electron chi connectivity index (χ4n) is 2.89. The molecule has 0 saturated carbocycles. The highest BCUT2D eigenvalue weighted by atomic mass is 32.2. The van der Waals surface area contributed by atoms with Crippen LogP contribution in [0.5, 0.6) is 0 Å². The Morgan fingerprint density at radius 2 is 1.83 bits per heavy atom. The standard InChI is InChI=1S/C18H21N3O2S/c1-13(2)21-14(3)20-17-11-15(9-10-18(17)21)12-19-24(22,23)16-7-5-4-6-8-16/h4-11,13,19H,12H2,1-3H3. The van der Waals surface area contributed by atoms with Gasteiger partial charge in [0.05, 0.1) is 15.9 Å². The fraction of sp³-hybridized carbons (Fsp3) is 0.278. The van der Waals surface area contributed by atoms with Crippen molar-refractivity contribution in [1.82, 2.24) is 14.3 Å². The third kappa shape index (κ3) is 3.20. The van der Waals surface area contributed by atoms with Gasteiger partial charge in [0.2, 0.25) is 10.0 Å². The van der Waals surface area contributed by atoms with Crippen molar-refractivity contribution in [2.75, 3.05) is 0 Å². The molecule has 2 aromatic carbocycles. The molecule has 1 N–H and O–H groups in total. The van der Waals surface area contributed by atoms with Crippen molar-refractivity contribution in [1.29, 1.82) is 0 Å². The summed E-state index contributed by atoms with van der Waals surface area (Å²) in [6.07, 6.45) is 0. The molecular formula is C18H21N3O2S. The molecule has 5 nitrogen and oxygen atoms in total.